The molecule has 0 aromatic carbocycles. The number of ketones is 1. The molecule has 0 spiro atoms. The molecule has 0 bridgehead atoms. The van der Waals surface area contributed by atoms with Gasteiger partial charge in [0.25, 0.3) is 0 Å². The second-order valence-corrected chi connectivity index (χ2v) is 7.38. The summed E-state index contributed by atoms with van der Waals surface area (Å²) in [5.41, 5.74) is 3.10. The van der Waals surface area contributed by atoms with Crippen molar-refractivity contribution >= 4 is 11.9 Å². The van der Waals surface area contributed by atoms with Gasteiger partial charge in [0, 0.05) is 22.8 Å². The molecule has 0 atom stereocenters. The highest BCUT2D eigenvalue weighted by Gasteiger charge is 2.26. The van der Waals surface area contributed by atoms with E-state index in [4.69, 9.17) is 0 Å². The van der Waals surface area contributed by atoms with E-state index in [0.717, 1.165) is 5.56 Å². The summed E-state index contributed by atoms with van der Waals surface area (Å²) in [5.74, 6) is -0.0966. The van der Waals surface area contributed by atoms with Crippen LogP contribution in [-0.4, -0.2) is 10.4 Å². The van der Waals surface area contributed by atoms with Gasteiger partial charge in [0.2, 0.25) is 0 Å². The summed E-state index contributed by atoms with van der Waals surface area (Å²) < 4.78 is 2.38. The first-order valence-corrected chi connectivity index (χ1v) is 8.10. The van der Waals surface area contributed by atoms with Crippen molar-refractivity contribution in [1.82, 2.24) is 4.57 Å². The summed E-state index contributed by atoms with van der Waals surface area (Å²) in [4.78, 5) is 12.4. The molecule has 1 saturated carbocycles. The third-order valence-corrected chi connectivity index (χ3v) is 4.56. The minimum atomic E-state index is -0.529. The Morgan fingerprint density at radius 2 is 1.91 bits per heavy atom. The topological polar surface area (TPSA) is 45.8 Å². The fourth-order valence-electron chi connectivity index (χ4n) is 3.38. The molecule has 1 aliphatic rings. The molecule has 2 rings (SSSR count). The van der Waals surface area contributed by atoms with Crippen LogP contribution >= 0.6 is 0 Å². The molecule has 0 saturated heterocycles. The lowest BCUT2D eigenvalue weighted by Crippen LogP contribution is -2.21. The van der Waals surface area contributed by atoms with Gasteiger partial charge in [-0.3, -0.25) is 4.79 Å². The van der Waals surface area contributed by atoms with E-state index in [1.807, 2.05) is 20.8 Å². The van der Waals surface area contributed by atoms with Crippen molar-refractivity contribution < 1.29 is 4.79 Å². The highest BCUT2D eigenvalue weighted by molar-refractivity contribution is 6.06. The molecular formula is C19H26N2O. The van der Waals surface area contributed by atoms with Gasteiger partial charge in [-0.05, 0) is 44.4 Å². The van der Waals surface area contributed by atoms with E-state index in [0.29, 0.717) is 6.04 Å². The van der Waals surface area contributed by atoms with Crippen molar-refractivity contribution in [2.24, 2.45) is 5.41 Å². The Morgan fingerprint density at radius 1 is 1.32 bits per heavy atom. The van der Waals surface area contributed by atoms with Crippen LogP contribution in [0.5, 0.6) is 0 Å². The van der Waals surface area contributed by atoms with Crippen molar-refractivity contribution in [3.05, 3.63) is 28.6 Å². The molecule has 0 N–H and O–H groups in total. The summed E-state index contributed by atoms with van der Waals surface area (Å²) >= 11 is 0. The largest absolute Gasteiger partial charge is 0.346 e. The van der Waals surface area contributed by atoms with Crippen LogP contribution < -0.4 is 0 Å². The van der Waals surface area contributed by atoms with Crippen LogP contribution in [0.1, 0.15) is 69.4 Å². The average Bonchev–Trinajstić information content (AvgIpc) is 3.03. The summed E-state index contributed by atoms with van der Waals surface area (Å²) in [6.07, 6.45) is 6.80. The summed E-state index contributed by atoms with van der Waals surface area (Å²) in [5, 5.41) is 9.35. The predicted octanol–water partition coefficient (Wildman–Crippen LogP) is 4.74. The number of hydrogen-bond acceptors (Lipinski definition) is 2. The Hall–Kier alpha value is -1.82. The fraction of sp³-hybridized carbons (Fsp3) is 0.579. The Balaban J connectivity index is 2.41. The first-order chi connectivity index (χ1) is 10.3. The molecule has 1 aromatic heterocycles. The zero-order valence-corrected chi connectivity index (χ0v) is 14.4. The van der Waals surface area contributed by atoms with Gasteiger partial charge in [-0.15, -0.1) is 0 Å². The van der Waals surface area contributed by atoms with Gasteiger partial charge in [0.05, 0.1) is 5.57 Å². The molecule has 3 heteroatoms. The second kappa shape index (κ2) is 6.12. The number of carbonyl (C=O) groups excluding carboxylic acids is 1. The van der Waals surface area contributed by atoms with Gasteiger partial charge in [-0.2, -0.15) is 5.26 Å². The number of hydrogen-bond donors (Lipinski definition) is 0. The van der Waals surface area contributed by atoms with E-state index < -0.39 is 5.41 Å². The van der Waals surface area contributed by atoms with Gasteiger partial charge in [-0.25, -0.2) is 0 Å². The van der Waals surface area contributed by atoms with Crippen LogP contribution in [0.15, 0.2) is 11.6 Å². The fourth-order valence-corrected chi connectivity index (χ4v) is 3.38. The first kappa shape index (κ1) is 16.5. The molecule has 1 heterocycles. The maximum absolute atomic E-state index is 12.4. The minimum Gasteiger partial charge on any atom is -0.346 e. The van der Waals surface area contributed by atoms with Gasteiger partial charge in [-0.1, -0.05) is 33.6 Å². The number of aryl methyl sites for hydroxylation is 1. The highest BCUT2D eigenvalue weighted by Crippen LogP contribution is 2.34. The lowest BCUT2D eigenvalue weighted by Gasteiger charge is -2.17. The van der Waals surface area contributed by atoms with Crippen LogP contribution in [0.4, 0.5) is 0 Å². The Morgan fingerprint density at radius 3 is 2.41 bits per heavy atom. The van der Waals surface area contributed by atoms with E-state index in [1.54, 1.807) is 6.08 Å². The minimum absolute atomic E-state index is 0.0966. The summed E-state index contributed by atoms with van der Waals surface area (Å²) in [6, 6.07) is 4.76. The molecule has 1 aliphatic carbocycles. The van der Waals surface area contributed by atoms with Crippen molar-refractivity contribution in [1.29, 1.82) is 5.26 Å². The zero-order valence-electron chi connectivity index (χ0n) is 14.4. The van der Waals surface area contributed by atoms with Crippen molar-refractivity contribution in [3.8, 4) is 6.07 Å². The summed E-state index contributed by atoms with van der Waals surface area (Å²) in [6.45, 7) is 9.75. The van der Waals surface area contributed by atoms with Gasteiger partial charge in [0.15, 0.2) is 5.78 Å². The lowest BCUT2D eigenvalue weighted by atomic mass is 9.86. The Kier molecular flexibility index (Phi) is 4.60. The molecular weight excluding hydrogens is 272 g/mol. The molecule has 0 radical (unpaired) electrons. The standard InChI is InChI=1S/C19H26N2O/c1-13-10-15(11-16(12-20)18(22)19(3,4)5)14(2)21(13)17-8-6-7-9-17/h10-11,17H,6-9H2,1-5H3/b16-11-. The number of aromatic nitrogens is 1. The number of nitrogens with zero attached hydrogens (tertiary/aromatic N) is 2. The Bertz CT molecular complexity index is 644. The number of allylic oxidation sites excluding steroid dienone is 1. The zero-order chi connectivity index (χ0) is 16.5. The number of rotatable bonds is 3. The van der Waals surface area contributed by atoms with Gasteiger partial charge >= 0.3 is 0 Å². The number of Topliss-reactive ketones (excluding diaryl/α,β-unsaturated/α-hetero) is 1. The van der Waals surface area contributed by atoms with Crippen LogP contribution in [0.2, 0.25) is 0 Å². The molecule has 0 unspecified atom stereocenters. The molecule has 0 amide bonds. The first-order valence-electron chi connectivity index (χ1n) is 8.10. The molecule has 1 aromatic rings. The molecule has 3 nitrogen and oxygen atoms in total. The maximum Gasteiger partial charge on any atom is 0.178 e. The quantitative estimate of drug-likeness (QED) is 0.597. The third kappa shape index (κ3) is 3.16. The molecule has 1 fully saturated rings. The monoisotopic (exact) mass is 298 g/mol. The van der Waals surface area contributed by atoms with Crippen molar-refractivity contribution in [2.75, 3.05) is 0 Å². The maximum atomic E-state index is 12.4. The predicted molar refractivity (Wildman–Crippen MR) is 89.5 cm³/mol. The van der Waals surface area contributed by atoms with E-state index in [-0.39, 0.29) is 11.4 Å². The number of nitriles is 1. The molecule has 22 heavy (non-hydrogen) atoms. The third-order valence-electron chi connectivity index (χ3n) is 4.56. The number of carbonyl (C=O) groups is 1. The lowest BCUT2D eigenvalue weighted by molar-refractivity contribution is -0.121. The van der Waals surface area contributed by atoms with E-state index in [9.17, 15) is 10.1 Å². The van der Waals surface area contributed by atoms with Crippen LogP contribution in [0.3, 0.4) is 0 Å². The van der Waals surface area contributed by atoms with Crippen molar-refractivity contribution in [3.63, 3.8) is 0 Å². The molecule has 118 valence electrons. The van der Waals surface area contributed by atoms with E-state index in [1.165, 1.54) is 37.1 Å². The summed E-state index contributed by atoms with van der Waals surface area (Å²) in [7, 11) is 0. The SMILES string of the molecule is Cc1cc(/C=C(/C#N)C(=O)C(C)(C)C)c(C)n1C1CCCC1. The average molecular weight is 298 g/mol. The Labute approximate surface area is 133 Å². The van der Waals surface area contributed by atoms with E-state index >= 15 is 0 Å². The molecule has 0 aliphatic heterocycles. The van der Waals surface area contributed by atoms with Crippen LogP contribution in [-0.2, 0) is 4.79 Å². The van der Waals surface area contributed by atoms with E-state index in [2.05, 4.69) is 30.6 Å². The van der Waals surface area contributed by atoms with Gasteiger partial charge < -0.3 is 4.57 Å². The second-order valence-electron chi connectivity index (χ2n) is 7.38. The van der Waals surface area contributed by atoms with Crippen molar-refractivity contribution in [2.45, 2.75) is 66.3 Å². The van der Waals surface area contributed by atoms with Crippen LogP contribution in [0.25, 0.3) is 6.08 Å². The van der Waals surface area contributed by atoms with Crippen LogP contribution in [0, 0.1) is 30.6 Å². The normalized spacial score (nSPS) is 16.8. The smallest absolute Gasteiger partial charge is 0.178 e. The van der Waals surface area contributed by atoms with Gasteiger partial charge in [0.1, 0.15) is 6.07 Å². The highest BCUT2D eigenvalue weighted by atomic mass is 16.1.